The normalized spacial score (nSPS) is 11.0. The minimum absolute atomic E-state index is 0. The molecule has 0 saturated heterocycles. The SMILES string of the molecule is CCNC(=NCc1ccc(NC(=O)OC)cc1)NCc1cc(C(C)C)no1.I. The molecule has 8 nitrogen and oxygen atoms in total. The first-order chi connectivity index (χ1) is 13.0. The lowest BCUT2D eigenvalue weighted by molar-refractivity contribution is 0.187. The van der Waals surface area contributed by atoms with E-state index in [1.807, 2.05) is 37.3 Å². The molecule has 0 spiro atoms. The van der Waals surface area contributed by atoms with Crippen LogP contribution in [0.25, 0.3) is 0 Å². The molecule has 1 aromatic heterocycles. The standard InChI is InChI=1S/C19H27N5O3.HI/c1-5-20-18(22-12-16-10-17(13(2)3)24-27-16)21-11-14-6-8-15(9-7-14)23-19(25)26-4;/h6-10,13H,5,11-12H2,1-4H3,(H,23,25)(H2,20,21,22);1H. The van der Waals surface area contributed by atoms with Gasteiger partial charge in [-0.1, -0.05) is 31.1 Å². The third kappa shape index (κ3) is 7.75. The average Bonchev–Trinajstić information content (AvgIpc) is 3.14. The molecule has 0 atom stereocenters. The minimum atomic E-state index is -0.493. The first-order valence-corrected chi connectivity index (χ1v) is 8.93. The highest BCUT2D eigenvalue weighted by atomic mass is 127. The molecule has 1 amide bonds. The van der Waals surface area contributed by atoms with E-state index in [-0.39, 0.29) is 24.0 Å². The van der Waals surface area contributed by atoms with Gasteiger partial charge in [0.15, 0.2) is 11.7 Å². The summed E-state index contributed by atoms with van der Waals surface area (Å²) in [5.41, 5.74) is 2.63. The third-order valence-electron chi connectivity index (χ3n) is 3.75. The lowest BCUT2D eigenvalue weighted by Crippen LogP contribution is -2.36. The monoisotopic (exact) mass is 501 g/mol. The maximum atomic E-state index is 11.2. The summed E-state index contributed by atoms with van der Waals surface area (Å²) in [5, 5.41) is 13.1. The number of nitrogens with one attached hydrogen (secondary N) is 3. The van der Waals surface area contributed by atoms with E-state index in [2.05, 4.69) is 44.7 Å². The topological polar surface area (TPSA) is 101 Å². The van der Waals surface area contributed by atoms with Crippen molar-refractivity contribution in [3.8, 4) is 0 Å². The molecule has 0 aliphatic heterocycles. The van der Waals surface area contributed by atoms with E-state index in [9.17, 15) is 4.79 Å². The molecule has 9 heteroatoms. The number of aliphatic imine (C=N–C) groups is 1. The van der Waals surface area contributed by atoms with Crippen LogP contribution in [0.1, 0.15) is 43.7 Å². The second kappa shape index (κ2) is 12.2. The molecule has 0 aliphatic carbocycles. The number of guanidine groups is 1. The fourth-order valence-corrected chi connectivity index (χ4v) is 2.23. The molecule has 28 heavy (non-hydrogen) atoms. The highest BCUT2D eigenvalue weighted by Gasteiger charge is 2.08. The maximum absolute atomic E-state index is 11.2. The molecule has 1 heterocycles. The van der Waals surface area contributed by atoms with Gasteiger partial charge in [-0.2, -0.15) is 0 Å². The molecule has 3 N–H and O–H groups in total. The molecular formula is C19H28IN5O3. The highest BCUT2D eigenvalue weighted by molar-refractivity contribution is 14.0. The number of rotatable bonds is 7. The summed E-state index contributed by atoms with van der Waals surface area (Å²) in [6.07, 6.45) is -0.493. The van der Waals surface area contributed by atoms with Crippen LogP contribution in [-0.4, -0.2) is 30.9 Å². The quantitative estimate of drug-likeness (QED) is 0.303. The predicted octanol–water partition coefficient (Wildman–Crippen LogP) is 3.85. The zero-order valence-electron chi connectivity index (χ0n) is 16.6. The fourth-order valence-electron chi connectivity index (χ4n) is 2.23. The number of methoxy groups -OCH3 is 1. The van der Waals surface area contributed by atoms with Crippen LogP contribution in [0.4, 0.5) is 10.5 Å². The van der Waals surface area contributed by atoms with E-state index in [0.29, 0.717) is 30.7 Å². The van der Waals surface area contributed by atoms with Crippen molar-refractivity contribution >= 4 is 41.7 Å². The molecule has 154 valence electrons. The summed E-state index contributed by atoms with van der Waals surface area (Å²) in [7, 11) is 1.33. The number of benzene rings is 1. The molecule has 0 bridgehead atoms. The van der Waals surface area contributed by atoms with Gasteiger partial charge in [-0.3, -0.25) is 5.32 Å². The van der Waals surface area contributed by atoms with Crippen LogP contribution in [-0.2, 0) is 17.8 Å². The van der Waals surface area contributed by atoms with Gasteiger partial charge in [-0.25, -0.2) is 9.79 Å². The first kappa shape index (κ1) is 23.7. The van der Waals surface area contributed by atoms with Crippen molar-refractivity contribution in [1.82, 2.24) is 15.8 Å². The molecule has 2 aromatic rings. The van der Waals surface area contributed by atoms with E-state index in [1.54, 1.807) is 0 Å². The Bertz CT molecular complexity index is 759. The van der Waals surface area contributed by atoms with Crippen molar-refractivity contribution in [2.24, 2.45) is 4.99 Å². The zero-order valence-corrected chi connectivity index (χ0v) is 18.9. The minimum Gasteiger partial charge on any atom is -0.453 e. The van der Waals surface area contributed by atoms with Crippen LogP contribution >= 0.6 is 24.0 Å². The van der Waals surface area contributed by atoms with Crippen molar-refractivity contribution < 1.29 is 14.1 Å². The smallest absolute Gasteiger partial charge is 0.411 e. The van der Waals surface area contributed by atoms with Gasteiger partial charge in [0, 0.05) is 18.3 Å². The fraction of sp³-hybridized carbons (Fsp3) is 0.421. The van der Waals surface area contributed by atoms with Gasteiger partial charge < -0.3 is 19.9 Å². The van der Waals surface area contributed by atoms with Gasteiger partial charge in [0.2, 0.25) is 0 Å². The lowest BCUT2D eigenvalue weighted by Gasteiger charge is -2.10. The second-order valence-corrected chi connectivity index (χ2v) is 6.24. The Labute approximate surface area is 182 Å². The Morgan fingerprint density at radius 1 is 1.25 bits per heavy atom. The summed E-state index contributed by atoms with van der Waals surface area (Å²) in [4.78, 5) is 15.8. The lowest BCUT2D eigenvalue weighted by atomic mass is 10.1. The Morgan fingerprint density at radius 3 is 2.54 bits per heavy atom. The molecule has 1 aromatic carbocycles. The van der Waals surface area contributed by atoms with Gasteiger partial charge in [0.1, 0.15) is 0 Å². The molecule has 0 fully saturated rings. The first-order valence-electron chi connectivity index (χ1n) is 8.93. The summed E-state index contributed by atoms with van der Waals surface area (Å²) < 4.78 is 9.90. The predicted molar refractivity (Wildman–Crippen MR) is 120 cm³/mol. The number of halogens is 1. The van der Waals surface area contributed by atoms with E-state index in [1.165, 1.54) is 7.11 Å². The number of hydrogen-bond acceptors (Lipinski definition) is 5. The Hall–Kier alpha value is -2.30. The average molecular weight is 501 g/mol. The van der Waals surface area contributed by atoms with Crippen molar-refractivity contribution in [2.45, 2.75) is 39.8 Å². The highest BCUT2D eigenvalue weighted by Crippen LogP contribution is 2.14. The van der Waals surface area contributed by atoms with Crippen LogP contribution in [0.2, 0.25) is 0 Å². The number of carbonyl (C=O) groups is 1. The van der Waals surface area contributed by atoms with E-state index >= 15 is 0 Å². The van der Waals surface area contributed by atoms with Crippen molar-refractivity contribution in [3.05, 3.63) is 47.3 Å². The number of carbonyl (C=O) groups excluding carboxylic acids is 1. The summed E-state index contributed by atoms with van der Waals surface area (Å²) in [5.74, 6) is 1.79. The Balaban J connectivity index is 0.00000392. The van der Waals surface area contributed by atoms with Crippen LogP contribution in [0.15, 0.2) is 39.8 Å². The summed E-state index contributed by atoms with van der Waals surface area (Å²) in [6.45, 7) is 7.92. The third-order valence-corrected chi connectivity index (χ3v) is 3.75. The van der Waals surface area contributed by atoms with Gasteiger partial charge >= 0.3 is 6.09 Å². The van der Waals surface area contributed by atoms with Gasteiger partial charge in [0.05, 0.1) is 25.9 Å². The Morgan fingerprint density at radius 2 is 1.96 bits per heavy atom. The number of amides is 1. The molecule has 0 saturated carbocycles. The molecule has 0 radical (unpaired) electrons. The molecule has 0 aliphatic rings. The molecular weight excluding hydrogens is 473 g/mol. The van der Waals surface area contributed by atoms with Crippen LogP contribution in [0, 0.1) is 0 Å². The summed E-state index contributed by atoms with van der Waals surface area (Å²) >= 11 is 0. The van der Waals surface area contributed by atoms with E-state index < -0.39 is 6.09 Å². The second-order valence-electron chi connectivity index (χ2n) is 6.24. The molecule has 0 unspecified atom stereocenters. The number of nitrogens with zero attached hydrogens (tertiary/aromatic N) is 2. The number of aromatic nitrogens is 1. The van der Waals surface area contributed by atoms with Crippen LogP contribution in [0.5, 0.6) is 0 Å². The van der Waals surface area contributed by atoms with Gasteiger partial charge in [-0.05, 0) is 30.5 Å². The number of ether oxygens (including phenoxy) is 1. The van der Waals surface area contributed by atoms with Gasteiger partial charge in [0.25, 0.3) is 0 Å². The van der Waals surface area contributed by atoms with Crippen molar-refractivity contribution in [3.63, 3.8) is 0 Å². The van der Waals surface area contributed by atoms with E-state index in [0.717, 1.165) is 23.6 Å². The maximum Gasteiger partial charge on any atom is 0.411 e. The van der Waals surface area contributed by atoms with Crippen LogP contribution < -0.4 is 16.0 Å². The van der Waals surface area contributed by atoms with Crippen molar-refractivity contribution in [2.75, 3.05) is 19.0 Å². The van der Waals surface area contributed by atoms with Gasteiger partial charge in [-0.15, -0.1) is 24.0 Å². The van der Waals surface area contributed by atoms with E-state index in [4.69, 9.17) is 4.52 Å². The zero-order chi connectivity index (χ0) is 19.6. The largest absolute Gasteiger partial charge is 0.453 e. The van der Waals surface area contributed by atoms with Crippen LogP contribution in [0.3, 0.4) is 0 Å². The number of anilines is 1. The van der Waals surface area contributed by atoms with Crippen molar-refractivity contribution in [1.29, 1.82) is 0 Å². The molecule has 2 rings (SSSR count). The Kier molecular flexibility index (Phi) is 10.4. The number of hydrogen-bond donors (Lipinski definition) is 3. The summed E-state index contributed by atoms with van der Waals surface area (Å²) in [6, 6.07) is 9.38.